The van der Waals surface area contributed by atoms with Gasteiger partial charge in [-0.25, -0.2) is 0 Å². The zero-order valence-corrected chi connectivity index (χ0v) is 10.8. The molecule has 2 N–H and O–H groups in total. The summed E-state index contributed by atoms with van der Waals surface area (Å²) in [7, 11) is 0. The van der Waals surface area contributed by atoms with Crippen LogP contribution in [-0.2, 0) is 4.79 Å². The highest BCUT2D eigenvalue weighted by Gasteiger charge is 2.34. The average Bonchev–Trinajstić information content (AvgIpc) is 2.81. The molecule has 16 heavy (non-hydrogen) atoms. The van der Waals surface area contributed by atoms with E-state index >= 15 is 0 Å². The smallest absolute Gasteiger partial charge is 0.226 e. The van der Waals surface area contributed by atoms with E-state index in [1.54, 1.807) is 0 Å². The molecule has 2 saturated heterocycles. The molecule has 4 heteroatoms. The number of nitrogens with two attached hydrogens (primary N) is 1. The number of piperidine rings is 1. The van der Waals surface area contributed by atoms with Crippen LogP contribution in [0.25, 0.3) is 0 Å². The molecule has 2 fully saturated rings. The highest BCUT2D eigenvalue weighted by atomic mass is 32.2. The van der Waals surface area contributed by atoms with Crippen LogP contribution in [-0.4, -0.2) is 40.9 Å². The van der Waals surface area contributed by atoms with Gasteiger partial charge < -0.3 is 10.6 Å². The van der Waals surface area contributed by atoms with E-state index in [4.69, 9.17) is 5.73 Å². The van der Waals surface area contributed by atoms with E-state index in [0.717, 1.165) is 37.3 Å². The van der Waals surface area contributed by atoms with Crippen molar-refractivity contribution >= 4 is 17.7 Å². The van der Waals surface area contributed by atoms with E-state index in [2.05, 4.69) is 4.90 Å². The molecule has 3 unspecified atom stereocenters. The third-order valence-corrected chi connectivity index (χ3v) is 4.88. The Hall–Kier alpha value is -0.220. The Balaban J connectivity index is 2.01. The number of hydrogen-bond acceptors (Lipinski definition) is 3. The molecule has 3 atom stereocenters. The number of carbonyl (C=O) groups is 1. The van der Waals surface area contributed by atoms with Crippen LogP contribution in [0.2, 0.25) is 0 Å². The Morgan fingerprint density at radius 2 is 2.25 bits per heavy atom. The van der Waals surface area contributed by atoms with E-state index < -0.39 is 0 Å². The van der Waals surface area contributed by atoms with Gasteiger partial charge in [0.25, 0.3) is 0 Å². The molecule has 0 saturated carbocycles. The van der Waals surface area contributed by atoms with Crippen molar-refractivity contribution in [2.45, 2.75) is 44.7 Å². The van der Waals surface area contributed by atoms with Crippen molar-refractivity contribution in [3.63, 3.8) is 0 Å². The van der Waals surface area contributed by atoms with E-state index in [1.165, 1.54) is 6.42 Å². The lowest BCUT2D eigenvalue weighted by Crippen LogP contribution is -2.53. The largest absolute Gasteiger partial charge is 0.338 e. The van der Waals surface area contributed by atoms with Crippen LogP contribution in [0.5, 0.6) is 0 Å². The molecular weight excluding hydrogens is 220 g/mol. The van der Waals surface area contributed by atoms with E-state index in [0.29, 0.717) is 5.91 Å². The van der Waals surface area contributed by atoms with Gasteiger partial charge in [-0.1, -0.05) is 0 Å². The van der Waals surface area contributed by atoms with Gasteiger partial charge in [-0.15, -0.1) is 0 Å². The first-order valence-electron chi connectivity index (χ1n) is 6.34. The Morgan fingerprint density at radius 3 is 2.88 bits per heavy atom. The Labute approximate surface area is 102 Å². The van der Waals surface area contributed by atoms with Gasteiger partial charge in [0, 0.05) is 30.3 Å². The standard InChI is InChI=1S/C12H22N2OS/c1-9(13)11-4-2-3-6-14(11)12(15)10-5-7-16-8-10/h9-11H,2-8,13H2,1H3. The molecule has 2 rings (SSSR count). The van der Waals surface area contributed by atoms with Crippen molar-refractivity contribution in [2.75, 3.05) is 18.1 Å². The summed E-state index contributed by atoms with van der Waals surface area (Å²) in [6.45, 7) is 2.95. The Kier molecular flexibility index (Phi) is 4.14. The van der Waals surface area contributed by atoms with Gasteiger partial charge in [0.15, 0.2) is 0 Å². The number of carbonyl (C=O) groups excluding carboxylic acids is 1. The summed E-state index contributed by atoms with van der Waals surface area (Å²) in [5, 5.41) is 0. The summed E-state index contributed by atoms with van der Waals surface area (Å²) in [6.07, 6.45) is 4.51. The lowest BCUT2D eigenvalue weighted by molar-refractivity contribution is -0.138. The highest BCUT2D eigenvalue weighted by Crippen LogP contribution is 2.28. The monoisotopic (exact) mass is 242 g/mol. The summed E-state index contributed by atoms with van der Waals surface area (Å²) in [5.74, 6) is 2.80. The number of nitrogens with zero attached hydrogens (tertiary/aromatic N) is 1. The van der Waals surface area contributed by atoms with Gasteiger partial charge in [-0.05, 0) is 38.4 Å². The molecule has 0 aliphatic carbocycles. The first-order valence-corrected chi connectivity index (χ1v) is 7.49. The molecule has 2 aliphatic heterocycles. The third-order valence-electron chi connectivity index (χ3n) is 3.72. The van der Waals surface area contributed by atoms with Crippen molar-refractivity contribution in [3.05, 3.63) is 0 Å². The first-order chi connectivity index (χ1) is 7.70. The van der Waals surface area contributed by atoms with E-state index in [-0.39, 0.29) is 18.0 Å². The first kappa shape index (κ1) is 12.2. The van der Waals surface area contributed by atoms with E-state index in [1.807, 2.05) is 18.7 Å². The van der Waals surface area contributed by atoms with E-state index in [9.17, 15) is 4.79 Å². The van der Waals surface area contributed by atoms with Crippen LogP contribution in [0, 0.1) is 5.92 Å². The van der Waals surface area contributed by atoms with Crippen molar-refractivity contribution in [3.8, 4) is 0 Å². The van der Waals surface area contributed by atoms with Gasteiger partial charge in [0.05, 0.1) is 0 Å². The fourth-order valence-electron chi connectivity index (χ4n) is 2.74. The molecule has 0 aromatic rings. The minimum Gasteiger partial charge on any atom is -0.338 e. The minimum atomic E-state index is 0.110. The molecule has 2 heterocycles. The maximum absolute atomic E-state index is 12.4. The quantitative estimate of drug-likeness (QED) is 0.797. The lowest BCUT2D eigenvalue weighted by atomic mass is 9.94. The summed E-state index contributed by atoms with van der Waals surface area (Å²) in [5.41, 5.74) is 5.99. The zero-order chi connectivity index (χ0) is 11.5. The van der Waals surface area contributed by atoms with Crippen molar-refractivity contribution in [2.24, 2.45) is 11.7 Å². The van der Waals surface area contributed by atoms with Crippen molar-refractivity contribution in [1.82, 2.24) is 4.90 Å². The molecular formula is C12H22N2OS. The number of rotatable bonds is 2. The van der Waals surface area contributed by atoms with Gasteiger partial charge in [0.2, 0.25) is 5.91 Å². The lowest BCUT2D eigenvalue weighted by Gasteiger charge is -2.39. The number of likely N-dealkylation sites (tertiary alicyclic amines) is 1. The van der Waals surface area contributed by atoms with Crippen LogP contribution >= 0.6 is 11.8 Å². The predicted molar refractivity (Wildman–Crippen MR) is 68.4 cm³/mol. The minimum absolute atomic E-state index is 0.110. The van der Waals surface area contributed by atoms with Gasteiger partial charge in [-0.3, -0.25) is 4.79 Å². The second-order valence-electron chi connectivity index (χ2n) is 5.01. The maximum atomic E-state index is 12.4. The Bertz CT molecular complexity index is 251. The summed E-state index contributed by atoms with van der Waals surface area (Å²) in [6, 6.07) is 0.394. The second-order valence-corrected chi connectivity index (χ2v) is 6.16. The number of amides is 1. The van der Waals surface area contributed by atoms with Crippen LogP contribution in [0.1, 0.15) is 32.6 Å². The summed E-state index contributed by atoms with van der Waals surface area (Å²) in [4.78, 5) is 14.4. The third kappa shape index (κ3) is 2.54. The van der Waals surface area contributed by atoms with Crippen LogP contribution < -0.4 is 5.73 Å². The predicted octanol–water partition coefficient (Wildman–Crippen LogP) is 1.47. The molecule has 3 nitrogen and oxygen atoms in total. The fourth-order valence-corrected chi connectivity index (χ4v) is 3.95. The van der Waals surface area contributed by atoms with Gasteiger partial charge >= 0.3 is 0 Å². The van der Waals surface area contributed by atoms with Gasteiger partial charge in [-0.2, -0.15) is 11.8 Å². The fraction of sp³-hybridized carbons (Fsp3) is 0.917. The molecule has 0 radical (unpaired) electrons. The summed E-state index contributed by atoms with van der Waals surface area (Å²) >= 11 is 1.91. The highest BCUT2D eigenvalue weighted by molar-refractivity contribution is 7.99. The average molecular weight is 242 g/mol. The molecule has 92 valence electrons. The molecule has 1 amide bonds. The SMILES string of the molecule is CC(N)C1CCCCN1C(=O)C1CCSC1. The normalized spacial score (nSPS) is 32.8. The Morgan fingerprint density at radius 1 is 1.44 bits per heavy atom. The molecule has 0 bridgehead atoms. The number of thioether (sulfide) groups is 1. The molecule has 2 aliphatic rings. The second kappa shape index (κ2) is 5.41. The molecule has 0 aromatic carbocycles. The molecule has 0 spiro atoms. The zero-order valence-electron chi connectivity index (χ0n) is 10.0. The van der Waals surface area contributed by atoms with Crippen LogP contribution in [0.15, 0.2) is 0 Å². The van der Waals surface area contributed by atoms with Crippen molar-refractivity contribution < 1.29 is 4.79 Å². The summed E-state index contributed by atoms with van der Waals surface area (Å²) < 4.78 is 0. The van der Waals surface area contributed by atoms with Crippen LogP contribution in [0.4, 0.5) is 0 Å². The van der Waals surface area contributed by atoms with Gasteiger partial charge in [0.1, 0.15) is 0 Å². The number of hydrogen-bond donors (Lipinski definition) is 1. The molecule has 0 aromatic heterocycles. The van der Waals surface area contributed by atoms with Crippen molar-refractivity contribution in [1.29, 1.82) is 0 Å². The maximum Gasteiger partial charge on any atom is 0.226 e. The topological polar surface area (TPSA) is 46.3 Å². The van der Waals surface area contributed by atoms with Crippen LogP contribution in [0.3, 0.4) is 0 Å².